The Bertz CT molecular complexity index is 520. The maximum Gasteiger partial charge on any atom is 0.293 e. The number of amides is 1. The lowest BCUT2D eigenvalue weighted by atomic mass is 9.96. The van der Waals surface area contributed by atoms with Crippen LogP contribution in [0.4, 0.5) is 0 Å². The van der Waals surface area contributed by atoms with Crippen molar-refractivity contribution in [2.45, 2.75) is 70.0 Å². The quantitative estimate of drug-likeness (QED) is 0.865. The number of aromatic amines is 1. The summed E-state index contributed by atoms with van der Waals surface area (Å²) in [7, 11) is 1.88. The van der Waals surface area contributed by atoms with Crippen molar-refractivity contribution in [3.8, 4) is 0 Å². The summed E-state index contributed by atoms with van der Waals surface area (Å²) >= 11 is 0. The van der Waals surface area contributed by atoms with Gasteiger partial charge in [-0.05, 0) is 25.7 Å². The normalized spacial score (nSPS) is 28.7. The minimum atomic E-state index is -0.127. The lowest BCUT2D eigenvalue weighted by Crippen LogP contribution is -2.48. The molecule has 2 unspecified atom stereocenters. The van der Waals surface area contributed by atoms with E-state index in [0.29, 0.717) is 18.1 Å². The zero-order valence-electron chi connectivity index (χ0n) is 13.3. The van der Waals surface area contributed by atoms with E-state index in [1.54, 1.807) is 0 Å². The van der Waals surface area contributed by atoms with Crippen molar-refractivity contribution in [1.29, 1.82) is 0 Å². The number of carbonyl (C=O) groups excluding carboxylic acids is 1. The Labute approximate surface area is 125 Å². The molecule has 0 spiro atoms. The van der Waals surface area contributed by atoms with Gasteiger partial charge in [-0.2, -0.15) is 0 Å². The van der Waals surface area contributed by atoms with Crippen LogP contribution in [-0.2, 0) is 5.41 Å². The number of hydrogen-bond acceptors (Lipinski definition) is 4. The predicted molar refractivity (Wildman–Crippen MR) is 80.1 cm³/mol. The van der Waals surface area contributed by atoms with Crippen LogP contribution in [0.25, 0.3) is 0 Å². The van der Waals surface area contributed by atoms with E-state index in [-0.39, 0.29) is 17.1 Å². The number of aromatic nitrogens is 3. The second-order valence-electron chi connectivity index (χ2n) is 7.44. The second kappa shape index (κ2) is 5.09. The molecule has 0 aliphatic carbocycles. The molecule has 116 valence electrons. The molecule has 2 aliphatic heterocycles. The van der Waals surface area contributed by atoms with Gasteiger partial charge in [0, 0.05) is 30.6 Å². The molecule has 2 bridgehead atoms. The van der Waals surface area contributed by atoms with E-state index < -0.39 is 0 Å². The molecule has 3 rings (SSSR count). The zero-order chi connectivity index (χ0) is 15.2. The molecule has 0 aromatic carbocycles. The Morgan fingerprint density at radius 3 is 2.38 bits per heavy atom. The Balaban J connectivity index is 1.71. The summed E-state index contributed by atoms with van der Waals surface area (Å²) in [5.41, 5.74) is -0.127. The summed E-state index contributed by atoms with van der Waals surface area (Å²) in [6.45, 7) is 6.15. The van der Waals surface area contributed by atoms with Crippen LogP contribution in [0.5, 0.6) is 0 Å². The molecule has 21 heavy (non-hydrogen) atoms. The Hall–Kier alpha value is -1.43. The standard InChI is InChI=1S/C15H25N5O/c1-15(2,3)14-17-12(18-19-14)13(21)20(4)11-7-9-5-6-10(8-11)16-9/h9-11,16H,5-8H2,1-4H3,(H,17,18,19). The molecule has 1 aromatic rings. The highest BCUT2D eigenvalue weighted by Crippen LogP contribution is 2.29. The molecule has 2 fully saturated rings. The van der Waals surface area contributed by atoms with Crippen LogP contribution in [0.2, 0.25) is 0 Å². The average molecular weight is 291 g/mol. The summed E-state index contributed by atoms with van der Waals surface area (Å²) < 4.78 is 0. The number of hydrogen-bond donors (Lipinski definition) is 2. The van der Waals surface area contributed by atoms with Gasteiger partial charge in [0.05, 0.1) is 0 Å². The highest BCUT2D eigenvalue weighted by Gasteiger charge is 2.37. The number of piperidine rings is 1. The fraction of sp³-hybridized carbons (Fsp3) is 0.800. The van der Waals surface area contributed by atoms with Crippen LogP contribution in [0, 0.1) is 0 Å². The smallest absolute Gasteiger partial charge is 0.293 e. The maximum absolute atomic E-state index is 12.6. The Morgan fingerprint density at radius 1 is 1.24 bits per heavy atom. The number of carbonyl (C=O) groups is 1. The fourth-order valence-corrected chi connectivity index (χ4v) is 3.36. The first-order chi connectivity index (χ1) is 9.84. The Kier molecular flexibility index (Phi) is 3.51. The summed E-state index contributed by atoms with van der Waals surface area (Å²) in [6.07, 6.45) is 4.54. The van der Waals surface area contributed by atoms with E-state index in [2.05, 4.69) is 41.3 Å². The molecule has 2 atom stereocenters. The van der Waals surface area contributed by atoms with E-state index in [0.717, 1.165) is 18.7 Å². The topological polar surface area (TPSA) is 73.9 Å². The molecule has 0 radical (unpaired) electrons. The first-order valence-electron chi connectivity index (χ1n) is 7.80. The van der Waals surface area contributed by atoms with Gasteiger partial charge in [-0.25, -0.2) is 4.98 Å². The van der Waals surface area contributed by atoms with E-state index >= 15 is 0 Å². The molecule has 2 N–H and O–H groups in total. The number of nitrogens with one attached hydrogen (secondary N) is 2. The highest BCUT2D eigenvalue weighted by molar-refractivity contribution is 5.90. The Morgan fingerprint density at radius 2 is 1.86 bits per heavy atom. The number of H-pyrrole nitrogens is 1. The maximum atomic E-state index is 12.6. The third kappa shape index (κ3) is 2.81. The molecule has 6 heteroatoms. The van der Waals surface area contributed by atoms with Crippen LogP contribution < -0.4 is 5.32 Å². The van der Waals surface area contributed by atoms with Gasteiger partial charge in [0.15, 0.2) is 0 Å². The second-order valence-corrected chi connectivity index (χ2v) is 7.44. The summed E-state index contributed by atoms with van der Waals surface area (Å²) in [5.74, 6) is 0.964. The van der Waals surface area contributed by atoms with Gasteiger partial charge in [-0.1, -0.05) is 20.8 Å². The SMILES string of the molecule is CN(C(=O)c1n[nH]c(C(C)(C)C)n1)C1CC2CCC(C1)N2. The third-order valence-corrected chi connectivity index (χ3v) is 4.70. The van der Waals surface area contributed by atoms with Crippen molar-refractivity contribution < 1.29 is 4.79 Å². The summed E-state index contributed by atoms with van der Waals surface area (Å²) in [5, 5.41) is 10.6. The minimum absolute atomic E-state index is 0.0759. The molecule has 2 aliphatic rings. The van der Waals surface area contributed by atoms with Crippen LogP contribution in [0.3, 0.4) is 0 Å². The van der Waals surface area contributed by atoms with Crippen LogP contribution in [0.1, 0.15) is 62.9 Å². The van der Waals surface area contributed by atoms with E-state index in [9.17, 15) is 4.79 Å². The van der Waals surface area contributed by atoms with Crippen molar-refractivity contribution in [2.75, 3.05) is 7.05 Å². The molecule has 2 saturated heterocycles. The fourth-order valence-electron chi connectivity index (χ4n) is 3.36. The largest absolute Gasteiger partial charge is 0.336 e. The van der Waals surface area contributed by atoms with E-state index in [1.807, 2.05) is 11.9 Å². The van der Waals surface area contributed by atoms with Crippen LogP contribution in [-0.4, -0.2) is 51.2 Å². The minimum Gasteiger partial charge on any atom is -0.336 e. The monoisotopic (exact) mass is 291 g/mol. The van der Waals surface area contributed by atoms with Crippen molar-refractivity contribution in [3.05, 3.63) is 11.6 Å². The first kappa shape index (κ1) is 14.5. The van der Waals surface area contributed by atoms with Crippen molar-refractivity contribution in [3.63, 3.8) is 0 Å². The molecule has 6 nitrogen and oxygen atoms in total. The van der Waals surface area contributed by atoms with Gasteiger partial charge < -0.3 is 10.2 Å². The number of nitrogens with zero attached hydrogens (tertiary/aromatic N) is 3. The van der Waals surface area contributed by atoms with Crippen molar-refractivity contribution >= 4 is 5.91 Å². The van der Waals surface area contributed by atoms with Gasteiger partial charge in [-0.15, -0.1) is 5.10 Å². The van der Waals surface area contributed by atoms with Crippen molar-refractivity contribution in [1.82, 2.24) is 25.4 Å². The van der Waals surface area contributed by atoms with Crippen LogP contribution >= 0.6 is 0 Å². The number of rotatable bonds is 2. The van der Waals surface area contributed by atoms with Gasteiger partial charge in [0.2, 0.25) is 5.82 Å². The van der Waals surface area contributed by atoms with Gasteiger partial charge in [-0.3, -0.25) is 9.89 Å². The third-order valence-electron chi connectivity index (χ3n) is 4.70. The van der Waals surface area contributed by atoms with E-state index in [4.69, 9.17) is 0 Å². The van der Waals surface area contributed by atoms with Crippen molar-refractivity contribution in [2.24, 2.45) is 0 Å². The van der Waals surface area contributed by atoms with Gasteiger partial charge in [0.1, 0.15) is 5.82 Å². The van der Waals surface area contributed by atoms with Gasteiger partial charge in [0.25, 0.3) is 5.91 Å². The highest BCUT2D eigenvalue weighted by atomic mass is 16.2. The molecule has 1 amide bonds. The van der Waals surface area contributed by atoms with Crippen LogP contribution in [0.15, 0.2) is 0 Å². The first-order valence-corrected chi connectivity index (χ1v) is 7.80. The molecule has 0 saturated carbocycles. The van der Waals surface area contributed by atoms with E-state index in [1.165, 1.54) is 12.8 Å². The lowest BCUT2D eigenvalue weighted by molar-refractivity contribution is 0.0669. The molecule has 1 aromatic heterocycles. The zero-order valence-corrected chi connectivity index (χ0v) is 13.3. The molecular weight excluding hydrogens is 266 g/mol. The molecular formula is C15H25N5O. The van der Waals surface area contributed by atoms with Gasteiger partial charge >= 0.3 is 0 Å². The summed E-state index contributed by atoms with van der Waals surface area (Å²) in [4.78, 5) is 18.8. The predicted octanol–water partition coefficient (Wildman–Crippen LogP) is 1.46. The average Bonchev–Trinajstić information content (AvgIpc) is 3.03. The summed E-state index contributed by atoms with van der Waals surface area (Å²) in [6, 6.07) is 1.44. The lowest BCUT2D eigenvalue weighted by Gasteiger charge is -2.35. The number of fused-ring (bicyclic) bond motifs is 2. The molecule has 3 heterocycles.